The molecule has 0 radical (unpaired) electrons. The van der Waals surface area contributed by atoms with Gasteiger partial charge in [-0.1, -0.05) is 25.4 Å². The molecule has 0 fully saturated rings. The fourth-order valence-corrected chi connectivity index (χ4v) is 2.59. The van der Waals surface area contributed by atoms with Crippen LogP contribution in [0.15, 0.2) is 30.5 Å². The minimum absolute atomic E-state index is 0.122. The Labute approximate surface area is 145 Å². The quantitative estimate of drug-likeness (QED) is 0.800. The van der Waals surface area contributed by atoms with Crippen LogP contribution in [-0.2, 0) is 4.79 Å². The summed E-state index contributed by atoms with van der Waals surface area (Å²) in [4.78, 5) is 12.4. The number of benzene rings is 1. The van der Waals surface area contributed by atoms with Gasteiger partial charge in [0.2, 0.25) is 0 Å². The summed E-state index contributed by atoms with van der Waals surface area (Å²) in [5.74, 6) is 0.0881. The highest BCUT2D eigenvalue weighted by atomic mass is 35.5. The molecule has 2 rings (SSSR count). The summed E-state index contributed by atoms with van der Waals surface area (Å²) in [6.45, 7) is 5.75. The van der Waals surface area contributed by atoms with Gasteiger partial charge in [-0.15, -0.1) is 0 Å². The second-order valence-corrected chi connectivity index (χ2v) is 5.86. The van der Waals surface area contributed by atoms with E-state index in [1.54, 1.807) is 23.9 Å². The van der Waals surface area contributed by atoms with Gasteiger partial charge in [0, 0.05) is 6.07 Å². The molecule has 0 saturated heterocycles. The number of hydrogen-bond acceptors (Lipinski definition) is 3. The van der Waals surface area contributed by atoms with Crippen LogP contribution in [0.3, 0.4) is 0 Å². The van der Waals surface area contributed by atoms with E-state index < -0.39 is 11.9 Å². The Morgan fingerprint density at radius 3 is 2.71 bits per heavy atom. The predicted molar refractivity (Wildman–Crippen MR) is 92.0 cm³/mol. The highest BCUT2D eigenvalue weighted by Gasteiger charge is 2.19. The largest absolute Gasteiger partial charge is 0.479 e. The number of halogens is 2. The molecule has 1 atom stereocenters. The van der Waals surface area contributed by atoms with Gasteiger partial charge in [0.15, 0.2) is 6.10 Å². The number of carbonyl (C=O) groups excluding carboxylic acids is 1. The zero-order chi connectivity index (χ0) is 17.7. The number of aromatic nitrogens is 2. The Balaban J connectivity index is 2.06. The summed E-state index contributed by atoms with van der Waals surface area (Å²) >= 11 is 5.91. The topological polar surface area (TPSA) is 56.2 Å². The van der Waals surface area contributed by atoms with Crippen LogP contribution in [0, 0.1) is 5.82 Å². The van der Waals surface area contributed by atoms with Crippen molar-refractivity contribution in [2.75, 3.05) is 5.32 Å². The van der Waals surface area contributed by atoms with Gasteiger partial charge in [-0.25, -0.2) is 9.07 Å². The Morgan fingerprint density at radius 1 is 1.38 bits per heavy atom. The maximum Gasteiger partial charge on any atom is 0.266 e. The summed E-state index contributed by atoms with van der Waals surface area (Å²) < 4.78 is 20.4. The molecule has 0 aliphatic carbocycles. The fraction of sp³-hybridized carbons (Fsp3) is 0.412. The molecule has 2 aromatic rings. The molecule has 1 heterocycles. The van der Waals surface area contributed by atoms with Crippen LogP contribution in [0.25, 0.3) is 0 Å². The van der Waals surface area contributed by atoms with E-state index in [4.69, 9.17) is 16.3 Å². The molecule has 0 saturated carbocycles. The van der Waals surface area contributed by atoms with Gasteiger partial charge in [0.05, 0.1) is 17.3 Å². The molecule has 0 spiro atoms. The van der Waals surface area contributed by atoms with Crippen LogP contribution in [0.2, 0.25) is 5.02 Å². The molecule has 130 valence electrons. The summed E-state index contributed by atoms with van der Waals surface area (Å²) in [6.07, 6.45) is 2.69. The summed E-state index contributed by atoms with van der Waals surface area (Å²) in [5, 5.41) is 7.21. The molecular weight excluding hydrogens is 333 g/mol. The number of nitrogens with one attached hydrogen (secondary N) is 1. The zero-order valence-electron chi connectivity index (χ0n) is 13.9. The van der Waals surface area contributed by atoms with E-state index in [9.17, 15) is 9.18 Å². The number of carbonyl (C=O) groups is 1. The van der Waals surface area contributed by atoms with Crippen LogP contribution in [0.1, 0.15) is 39.7 Å². The Morgan fingerprint density at radius 2 is 2.08 bits per heavy atom. The Kier molecular flexibility index (Phi) is 6.20. The van der Waals surface area contributed by atoms with E-state index in [-0.39, 0.29) is 22.7 Å². The van der Waals surface area contributed by atoms with E-state index in [0.717, 1.165) is 18.9 Å². The molecule has 0 aliphatic heterocycles. The lowest BCUT2D eigenvalue weighted by atomic mass is 10.2. The van der Waals surface area contributed by atoms with E-state index >= 15 is 0 Å². The van der Waals surface area contributed by atoms with Gasteiger partial charge in [-0.05, 0) is 38.0 Å². The summed E-state index contributed by atoms with van der Waals surface area (Å²) in [5.41, 5.74) is 0. The summed E-state index contributed by atoms with van der Waals surface area (Å²) in [7, 11) is 0. The van der Waals surface area contributed by atoms with Crippen LogP contribution >= 0.6 is 11.6 Å². The number of nitrogens with zero attached hydrogens (tertiary/aromatic N) is 2. The maximum absolute atomic E-state index is 13.1. The van der Waals surface area contributed by atoms with Crippen LogP contribution in [0.5, 0.6) is 5.75 Å². The van der Waals surface area contributed by atoms with Gasteiger partial charge in [-0.2, -0.15) is 5.10 Å². The third-order valence-corrected chi connectivity index (χ3v) is 4.07. The van der Waals surface area contributed by atoms with Gasteiger partial charge < -0.3 is 10.1 Å². The minimum atomic E-state index is -0.794. The van der Waals surface area contributed by atoms with Crippen molar-refractivity contribution in [3.8, 4) is 5.75 Å². The van der Waals surface area contributed by atoms with Crippen molar-refractivity contribution in [2.45, 2.75) is 45.8 Å². The molecule has 1 unspecified atom stereocenters. The highest BCUT2D eigenvalue weighted by molar-refractivity contribution is 6.32. The zero-order valence-corrected chi connectivity index (χ0v) is 14.7. The first-order valence-electron chi connectivity index (χ1n) is 7.92. The highest BCUT2D eigenvalue weighted by Crippen LogP contribution is 2.26. The molecule has 5 nitrogen and oxygen atoms in total. The number of anilines is 1. The number of rotatable bonds is 7. The Hall–Kier alpha value is -2.08. The van der Waals surface area contributed by atoms with Crippen molar-refractivity contribution in [1.82, 2.24) is 9.78 Å². The van der Waals surface area contributed by atoms with Crippen molar-refractivity contribution in [1.29, 1.82) is 0 Å². The van der Waals surface area contributed by atoms with Crippen molar-refractivity contribution >= 4 is 23.3 Å². The van der Waals surface area contributed by atoms with Gasteiger partial charge in [-0.3, -0.25) is 4.79 Å². The second-order valence-electron chi connectivity index (χ2n) is 5.46. The lowest BCUT2D eigenvalue weighted by Crippen LogP contribution is -2.31. The monoisotopic (exact) mass is 353 g/mol. The van der Waals surface area contributed by atoms with Crippen LogP contribution < -0.4 is 10.1 Å². The predicted octanol–water partition coefficient (Wildman–Crippen LogP) is 4.44. The fourth-order valence-electron chi connectivity index (χ4n) is 2.38. The molecule has 7 heteroatoms. The van der Waals surface area contributed by atoms with Crippen LogP contribution in [-0.4, -0.2) is 21.8 Å². The van der Waals surface area contributed by atoms with Gasteiger partial charge in [0.1, 0.15) is 17.4 Å². The minimum Gasteiger partial charge on any atom is -0.479 e. The molecule has 1 aromatic heterocycles. The molecule has 0 bridgehead atoms. The summed E-state index contributed by atoms with van der Waals surface area (Å²) in [6, 6.07) is 5.74. The van der Waals surface area contributed by atoms with Gasteiger partial charge in [0.25, 0.3) is 5.91 Å². The van der Waals surface area contributed by atoms with E-state index in [2.05, 4.69) is 24.3 Å². The first-order valence-corrected chi connectivity index (χ1v) is 8.30. The van der Waals surface area contributed by atoms with E-state index in [0.29, 0.717) is 5.82 Å². The van der Waals surface area contributed by atoms with E-state index in [1.165, 1.54) is 12.1 Å². The van der Waals surface area contributed by atoms with Crippen LogP contribution in [0.4, 0.5) is 10.2 Å². The molecule has 1 amide bonds. The van der Waals surface area contributed by atoms with E-state index in [1.807, 2.05) is 0 Å². The second kappa shape index (κ2) is 8.15. The number of hydrogen-bond donors (Lipinski definition) is 1. The first kappa shape index (κ1) is 18.3. The van der Waals surface area contributed by atoms with Crippen molar-refractivity contribution in [3.63, 3.8) is 0 Å². The third kappa shape index (κ3) is 4.26. The number of ether oxygens (including phenoxy) is 1. The van der Waals surface area contributed by atoms with Crippen molar-refractivity contribution < 1.29 is 13.9 Å². The molecular formula is C17H21ClFN3O2. The normalized spacial score (nSPS) is 12.2. The van der Waals surface area contributed by atoms with Crippen molar-refractivity contribution in [2.24, 2.45) is 0 Å². The lowest BCUT2D eigenvalue weighted by molar-refractivity contribution is -0.122. The maximum atomic E-state index is 13.1. The smallest absolute Gasteiger partial charge is 0.266 e. The third-order valence-electron chi connectivity index (χ3n) is 3.78. The first-order chi connectivity index (χ1) is 11.5. The molecule has 1 aromatic carbocycles. The molecule has 0 aliphatic rings. The van der Waals surface area contributed by atoms with Crippen molar-refractivity contribution in [3.05, 3.63) is 41.3 Å². The SMILES string of the molecule is CCC(CC)n1nccc1NC(=O)C(C)Oc1ccc(F)cc1Cl. The lowest BCUT2D eigenvalue weighted by Gasteiger charge is -2.19. The average Bonchev–Trinajstić information content (AvgIpc) is 2.99. The Bertz CT molecular complexity index is 701. The number of amides is 1. The van der Waals surface area contributed by atoms with Gasteiger partial charge >= 0.3 is 0 Å². The molecule has 1 N–H and O–H groups in total. The molecule has 24 heavy (non-hydrogen) atoms. The standard InChI is InChI=1S/C17H21ClFN3O2/c1-4-13(5-2)22-16(8-9-20-22)21-17(23)11(3)24-15-7-6-12(19)10-14(15)18/h6-11,13H,4-5H2,1-3H3,(H,21,23). The average molecular weight is 354 g/mol.